The van der Waals surface area contributed by atoms with E-state index in [1.165, 1.54) is 24.3 Å². The van der Waals surface area contributed by atoms with Crippen LogP contribution in [0.1, 0.15) is 17.3 Å². The monoisotopic (exact) mass is 422 g/mol. The van der Waals surface area contributed by atoms with Crippen molar-refractivity contribution in [2.75, 3.05) is 15.4 Å². The lowest BCUT2D eigenvalue weighted by atomic mass is 10.1. The number of halogens is 1. The predicted octanol–water partition coefficient (Wildman–Crippen LogP) is 3.01. The Kier molecular flexibility index (Phi) is 4.66. The van der Waals surface area contributed by atoms with Crippen LogP contribution < -0.4 is 9.62 Å². The van der Waals surface area contributed by atoms with Gasteiger partial charge < -0.3 is 5.32 Å². The zero-order chi connectivity index (χ0) is 18.2. The van der Waals surface area contributed by atoms with Crippen molar-refractivity contribution in [1.82, 2.24) is 0 Å². The number of sulfonamides is 1. The van der Waals surface area contributed by atoms with Gasteiger partial charge in [0.1, 0.15) is 0 Å². The first kappa shape index (κ1) is 17.6. The third-order valence-electron chi connectivity index (χ3n) is 3.81. The smallest absolute Gasteiger partial charge is 0.255 e. The van der Waals surface area contributed by atoms with Crippen LogP contribution in [0.25, 0.3) is 0 Å². The Bertz CT molecular complexity index is 941. The second-order valence-electron chi connectivity index (χ2n) is 5.79. The third kappa shape index (κ3) is 3.59. The molecule has 25 heavy (non-hydrogen) atoms. The number of anilines is 2. The highest BCUT2D eigenvalue weighted by molar-refractivity contribution is 9.10. The van der Waals surface area contributed by atoms with Gasteiger partial charge in [0, 0.05) is 15.7 Å². The Morgan fingerprint density at radius 2 is 1.88 bits per heavy atom. The van der Waals surface area contributed by atoms with Crippen LogP contribution in [-0.4, -0.2) is 26.0 Å². The summed E-state index contributed by atoms with van der Waals surface area (Å²) in [5.74, 6) is -1.54. The van der Waals surface area contributed by atoms with Gasteiger partial charge in [-0.15, -0.1) is 0 Å². The van der Waals surface area contributed by atoms with E-state index in [9.17, 15) is 18.0 Å². The molecule has 0 aliphatic carbocycles. The number of nitrogens with one attached hydrogen (secondary N) is 1. The molecule has 0 unspecified atom stereocenters. The van der Waals surface area contributed by atoms with E-state index in [4.69, 9.17) is 0 Å². The fraction of sp³-hybridized carbons (Fsp3) is 0.176. The molecule has 1 heterocycles. The van der Waals surface area contributed by atoms with Gasteiger partial charge in [-0.2, -0.15) is 0 Å². The molecule has 8 heteroatoms. The molecule has 0 bridgehead atoms. The van der Waals surface area contributed by atoms with Crippen molar-refractivity contribution in [2.45, 2.75) is 6.92 Å². The molecule has 2 aromatic carbocycles. The number of nitrogens with zero attached hydrogens (tertiary/aromatic N) is 1. The highest BCUT2D eigenvalue weighted by Crippen LogP contribution is 2.28. The fourth-order valence-corrected chi connectivity index (χ4v) is 4.82. The summed E-state index contributed by atoms with van der Waals surface area (Å²) in [7, 11) is -3.65. The van der Waals surface area contributed by atoms with Crippen LogP contribution in [0.2, 0.25) is 0 Å². The lowest BCUT2D eigenvalue weighted by molar-refractivity contribution is -0.119. The zero-order valence-corrected chi connectivity index (χ0v) is 15.7. The molecule has 1 aliphatic heterocycles. The van der Waals surface area contributed by atoms with Crippen LogP contribution in [0.5, 0.6) is 0 Å². The van der Waals surface area contributed by atoms with Crippen molar-refractivity contribution in [3.8, 4) is 0 Å². The Hall–Kier alpha value is -2.19. The van der Waals surface area contributed by atoms with E-state index in [0.717, 1.165) is 8.78 Å². The SMILES string of the molecule is C[C@H]1CS(=O)(=O)N(c2ccc(C(=O)Nc3cccc(Br)c3)cc2)C1=O. The van der Waals surface area contributed by atoms with Crippen molar-refractivity contribution >= 4 is 49.1 Å². The molecule has 1 N–H and O–H groups in total. The molecule has 130 valence electrons. The number of hydrogen-bond donors (Lipinski definition) is 1. The van der Waals surface area contributed by atoms with Crippen molar-refractivity contribution in [1.29, 1.82) is 0 Å². The largest absolute Gasteiger partial charge is 0.322 e. The van der Waals surface area contributed by atoms with Crippen molar-refractivity contribution in [2.24, 2.45) is 5.92 Å². The highest BCUT2D eigenvalue weighted by Gasteiger charge is 2.41. The molecular weight excluding hydrogens is 408 g/mol. The molecule has 0 spiro atoms. The highest BCUT2D eigenvalue weighted by atomic mass is 79.9. The van der Waals surface area contributed by atoms with Crippen molar-refractivity contribution < 1.29 is 18.0 Å². The topological polar surface area (TPSA) is 83.6 Å². The molecule has 2 amide bonds. The van der Waals surface area contributed by atoms with Gasteiger partial charge in [-0.1, -0.05) is 28.9 Å². The minimum atomic E-state index is -3.65. The summed E-state index contributed by atoms with van der Waals surface area (Å²) < 4.78 is 25.8. The van der Waals surface area contributed by atoms with Gasteiger partial charge in [-0.05, 0) is 42.5 Å². The number of hydrogen-bond acceptors (Lipinski definition) is 4. The molecule has 0 aromatic heterocycles. The first-order chi connectivity index (χ1) is 11.8. The Balaban J connectivity index is 1.81. The third-order valence-corrected chi connectivity index (χ3v) is 6.17. The van der Waals surface area contributed by atoms with Crippen LogP contribution in [0.3, 0.4) is 0 Å². The summed E-state index contributed by atoms with van der Waals surface area (Å²) >= 11 is 3.33. The Morgan fingerprint density at radius 1 is 1.20 bits per heavy atom. The average molecular weight is 423 g/mol. The second kappa shape index (κ2) is 6.61. The van der Waals surface area contributed by atoms with E-state index in [0.29, 0.717) is 11.3 Å². The average Bonchev–Trinajstić information content (AvgIpc) is 2.75. The van der Waals surface area contributed by atoms with Gasteiger partial charge >= 0.3 is 0 Å². The summed E-state index contributed by atoms with van der Waals surface area (Å²) in [5.41, 5.74) is 1.24. The molecule has 1 saturated heterocycles. The van der Waals surface area contributed by atoms with E-state index < -0.39 is 21.8 Å². The van der Waals surface area contributed by atoms with Crippen LogP contribution in [-0.2, 0) is 14.8 Å². The first-order valence-corrected chi connectivity index (χ1v) is 9.92. The van der Waals surface area contributed by atoms with E-state index in [2.05, 4.69) is 21.2 Å². The van der Waals surface area contributed by atoms with Gasteiger partial charge in [0.2, 0.25) is 15.9 Å². The molecule has 0 radical (unpaired) electrons. The summed E-state index contributed by atoms with van der Waals surface area (Å²) in [4.78, 5) is 24.4. The standard InChI is InChI=1S/C17H15BrN2O4S/c1-11-10-25(23,24)20(17(11)22)15-7-5-12(6-8-15)16(21)19-14-4-2-3-13(18)9-14/h2-9,11H,10H2,1H3,(H,19,21)/t11-/m0/s1. The Morgan fingerprint density at radius 3 is 2.44 bits per heavy atom. The molecular formula is C17H15BrN2O4S. The summed E-state index contributed by atoms with van der Waals surface area (Å²) in [6.07, 6.45) is 0. The zero-order valence-electron chi connectivity index (χ0n) is 13.3. The van der Waals surface area contributed by atoms with Crippen LogP contribution >= 0.6 is 15.9 Å². The van der Waals surface area contributed by atoms with Gasteiger partial charge in [0.25, 0.3) is 5.91 Å². The maximum Gasteiger partial charge on any atom is 0.255 e. The van der Waals surface area contributed by atoms with Crippen LogP contribution in [0, 0.1) is 5.92 Å². The minimum Gasteiger partial charge on any atom is -0.322 e. The summed E-state index contributed by atoms with van der Waals surface area (Å²) in [5, 5.41) is 2.75. The van der Waals surface area contributed by atoms with Crippen molar-refractivity contribution in [3.63, 3.8) is 0 Å². The Labute approximate surface area is 154 Å². The summed E-state index contributed by atoms with van der Waals surface area (Å²) in [6, 6.07) is 13.1. The second-order valence-corrected chi connectivity index (χ2v) is 8.57. The van der Waals surface area contributed by atoms with Gasteiger partial charge in [-0.25, -0.2) is 12.7 Å². The first-order valence-electron chi connectivity index (χ1n) is 7.52. The minimum absolute atomic E-state index is 0.197. The summed E-state index contributed by atoms with van der Waals surface area (Å²) in [6.45, 7) is 1.58. The number of amides is 2. The van der Waals surface area contributed by atoms with Crippen molar-refractivity contribution in [3.05, 3.63) is 58.6 Å². The molecule has 1 aliphatic rings. The lowest BCUT2D eigenvalue weighted by Crippen LogP contribution is -2.30. The lowest BCUT2D eigenvalue weighted by Gasteiger charge is -2.15. The van der Waals surface area contributed by atoms with Crippen LogP contribution in [0.4, 0.5) is 11.4 Å². The van der Waals surface area contributed by atoms with Gasteiger partial charge in [-0.3, -0.25) is 9.59 Å². The van der Waals surface area contributed by atoms with Crippen LogP contribution in [0.15, 0.2) is 53.0 Å². The maximum atomic E-state index is 12.3. The van der Waals surface area contributed by atoms with E-state index in [1.54, 1.807) is 25.1 Å². The molecule has 0 saturated carbocycles. The van der Waals surface area contributed by atoms with E-state index in [1.807, 2.05) is 6.07 Å². The molecule has 1 atom stereocenters. The predicted molar refractivity (Wildman–Crippen MR) is 99.0 cm³/mol. The normalized spacial score (nSPS) is 19.0. The number of carbonyl (C=O) groups excluding carboxylic acids is 2. The van der Waals surface area contributed by atoms with Gasteiger partial charge in [0.05, 0.1) is 17.4 Å². The maximum absolute atomic E-state index is 12.3. The number of rotatable bonds is 3. The number of benzene rings is 2. The number of carbonyl (C=O) groups is 2. The molecule has 3 rings (SSSR count). The molecule has 2 aromatic rings. The fourth-order valence-electron chi connectivity index (χ4n) is 2.60. The van der Waals surface area contributed by atoms with Gasteiger partial charge in [0.15, 0.2) is 0 Å². The quantitative estimate of drug-likeness (QED) is 0.823. The molecule has 6 nitrogen and oxygen atoms in total. The van der Waals surface area contributed by atoms with E-state index >= 15 is 0 Å². The van der Waals surface area contributed by atoms with E-state index in [-0.39, 0.29) is 17.3 Å². The molecule has 1 fully saturated rings.